The van der Waals surface area contributed by atoms with Gasteiger partial charge in [0, 0.05) is 5.92 Å². The molecule has 5 heteroatoms. The van der Waals surface area contributed by atoms with Crippen molar-refractivity contribution in [3.8, 4) is 24.3 Å². The minimum absolute atomic E-state index is 0.0405. The first kappa shape index (κ1) is 16.3. The minimum atomic E-state index is -1.58. The van der Waals surface area contributed by atoms with Crippen LogP contribution in [0.4, 0.5) is 0 Å². The first-order valence-electron chi connectivity index (χ1n) is 8.06. The van der Waals surface area contributed by atoms with Crippen molar-refractivity contribution in [1.82, 2.24) is 0 Å². The van der Waals surface area contributed by atoms with Crippen molar-refractivity contribution in [3.63, 3.8) is 0 Å². The van der Waals surface area contributed by atoms with Crippen LogP contribution in [-0.4, -0.2) is 0 Å². The summed E-state index contributed by atoms with van der Waals surface area (Å²) in [5.74, 6) is -0.568. The molecule has 25 heavy (non-hydrogen) atoms. The second-order valence-electron chi connectivity index (χ2n) is 6.34. The van der Waals surface area contributed by atoms with Gasteiger partial charge in [-0.25, -0.2) is 0 Å². The number of nitrogens with zero attached hydrogens (tertiary/aromatic N) is 4. The maximum Gasteiger partial charge on any atom is 0.191 e. The second kappa shape index (κ2) is 6.16. The molecule has 2 aliphatic rings. The van der Waals surface area contributed by atoms with Gasteiger partial charge in [0.2, 0.25) is 0 Å². The summed E-state index contributed by atoms with van der Waals surface area (Å²) in [7, 11) is 0. The van der Waals surface area contributed by atoms with Gasteiger partial charge in [0.15, 0.2) is 5.41 Å². The summed E-state index contributed by atoms with van der Waals surface area (Å²) in [4.78, 5) is 0. The Bertz CT molecular complexity index is 924. The SMILES string of the molecule is N#CC1=C(N)C(C#N)(C#N)[C@@H](c2ccc(C#N)cc2)[C@H]2CCCC=C12. The molecule has 5 nitrogen and oxygen atoms in total. The molecule has 1 aromatic rings. The third-order valence-corrected chi connectivity index (χ3v) is 5.20. The molecule has 0 aliphatic heterocycles. The number of fused-ring (bicyclic) bond motifs is 1. The van der Waals surface area contributed by atoms with E-state index in [1.165, 1.54) is 0 Å². The Kier molecular flexibility index (Phi) is 4.02. The van der Waals surface area contributed by atoms with Gasteiger partial charge in [-0.15, -0.1) is 0 Å². The lowest BCUT2D eigenvalue weighted by Crippen LogP contribution is -2.42. The lowest BCUT2D eigenvalue weighted by Gasteiger charge is -2.43. The fraction of sp³-hybridized carbons (Fsp3) is 0.300. The Morgan fingerprint density at radius 3 is 2.24 bits per heavy atom. The van der Waals surface area contributed by atoms with E-state index >= 15 is 0 Å². The lowest BCUT2D eigenvalue weighted by atomic mass is 9.57. The molecule has 0 aromatic heterocycles. The number of benzene rings is 1. The van der Waals surface area contributed by atoms with Crippen LogP contribution >= 0.6 is 0 Å². The molecule has 120 valence electrons. The number of hydrogen-bond donors (Lipinski definition) is 1. The fourth-order valence-electron chi connectivity index (χ4n) is 4.01. The summed E-state index contributed by atoms with van der Waals surface area (Å²) in [6.45, 7) is 0. The van der Waals surface area contributed by atoms with Crippen molar-refractivity contribution in [2.75, 3.05) is 0 Å². The average molecular weight is 325 g/mol. The Labute approximate surface area is 146 Å². The molecule has 2 atom stereocenters. The van der Waals surface area contributed by atoms with Crippen LogP contribution in [0.15, 0.2) is 47.2 Å². The highest BCUT2D eigenvalue weighted by molar-refractivity contribution is 5.59. The van der Waals surface area contributed by atoms with Crippen LogP contribution in [0, 0.1) is 56.7 Å². The van der Waals surface area contributed by atoms with E-state index in [0.29, 0.717) is 5.56 Å². The summed E-state index contributed by atoms with van der Waals surface area (Å²) >= 11 is 0. The van der Waals surface area contributed by atoms with Gasteiger partial charge >= 0.3 is 0 Å². The monoisotopic (exact) mass is 325 g/mol. The zero-order valence-corrected chi connectivity index (χ0v) is 13.5. The van der Waals surface area contributed by atoms with Crippen molar-refractivity contribution in [2.45, 2.75) is 25.2 Å². The molecule has 0 saturated heterocycles. The van der Waals surface area contributed by atoms with E-state index in [1.54, 1.807) is 24.3 Å². The third-order valence-electron chi connectivity index (χ3n) is 5.20. The molecule has 0 amide bonds. The highest BCUT2D eigenvalue weighted by atomic mass is 14.7. The van der Waals surface area contributed by atoms with Crippen molar-refractivity contribution < 1.29 is 0 Å². The zero-order valence-electron chi connectivity index (χ0n) is 13.5. The van der Waals surface area contributed by atoms with Gasteiger partial charge < -0.3 is 5.73 Å². The second-order valence-corrected chi connectivity index (χ2v) is 6.34. The Morgan fingerprint density at radius 2 is 1.68 bits per heavy atom. The van der Waals surface area contributed by atoms with E-state index in [4.69, 9.17) is 11.0 Å². The van der Waals surface area contributed by atoms with E-state index in [-0.39, 0.29) is 17.2 Å². The van der Waals surface area contributed by atoms with Crippen molar-refractivity contribution in [2.24, 2.45) is 17.1 Å². The van der Waals surface area contributed by atoms with Crippen molar-refractivity contribution >= 4 is 0 Å². The summed E-state index contributed by atoms with van der Waals surface area (Å²) in [6.07, 6.45) is 4.60. The van der Waals surface area contributed by atoms with E-state index < -0.39 is 11.3 Å². The maximum atomic E-state index is 9.88. The highest BCUT2D eigenvalue weighted by Crippen LogP contribution is 2.55. The molecule has 0 heterocycles. The van der Waals surface area contributed by atoms with Crippen LogP contribution in [0.3, 0.4) is 0 Å². The van der Waals surface area contributed by atoms with Gasteiger partial charge in [-0.1, -0.05) is 18.2 Å². The number of nitrogens with two attached hydrogens (primary N) is 1. The number of allylic oxidation sites excluding steroid dienone is 4. The Balaban J connectivity index is 2.29. The zero-order chi connectivity index (χ0) is 18.0. The first-order valence-corrected chi connectivity index (χ1v) is 8.06. The summed E-state index contributed by atoms with van der Waals surface area (Å²) < 4.78 is 0. The van der Waals surface area contributed by atoms with Gasteiger partial charge in [-0.3, -0.25) is 0 Å². The normalized spacial score (nSPS) is 23.9. The van der Waals surface area contributed by atoms with Crippen molar-refractivity contribution in [1.29, 1.82) is 21.0 Å². The summed E-state index contributed by atoms with van der Waals surface area (Å²) in [6, 6.07) is 15.3. The Morgan fingerprint density at radius 1 is 1.00 bits per heavy atom. The van der Waals surface area contributed by atoms with Gasteiger partial charge in [-0.2, -0.15) is 21.0 Å². The molecule has 0 spiro atoms. The van der Waals surface area contributed by atoms with E-state index in [1.807, 2.05) is 6.08 Å². The van der Waals surface area contributed by atoms with Crippen LogP contribution in [0.1, 0.15) is 36.3 Å². The third kappa shape index (κ3) is 2.27. The molecule has 0 radical (unpaired) electrons. The molecule has 0 saturated carbocycles. The van der Waals surface area contributed by atoms with Crippen LogP contribution in [0.25, 0.3) is 0 Å². The van der Waals surface area contributed by atoms with Gasteiger partial charge in [-0.05, 0) is 48.4 Å². The summed E-state index contributed by atoms with van der Waals surface area (Å²) in [5.41, 5.74) is 7.08. The quantitative estimate of drug-likeness (QED) is 0.850. The van der Waals surface area contributed by atoms with Crippen LogP contribution in [0.5, 0.6) is 0 Å². The largest absolute Gasteiger partial charge is 0.399 e. The predicted molar refractivity (Wildman–Crippen MR) is 89.8 cm³/mol. The topological polar surface area (TPSA) is 121 Å². The smallest absolute Gasteiger partial charge is 0.191 e. The molecule has 0 fully saturated rings. The molecule has 3 rings (SSSR count). The predicted octanol–water partition coefficient (Wildman–Crippen LogP) is 3.15. The number of hydrogen-bond acceptors (Lipinski definition) is 5. The van der Waals surface area contributed by atoms with Gasteiger partial charge in [0.05, 0.1) is 35.0 Å². The number of rotatable bonds is 1. The molecule has 0 bridgehead atoms. The Hall–Kier alpha value is -3.54. The fourth-order valence-corrected chi connectivity index (χ4v) is 4.01. The maximum absolute atomic E-state index is 9.88. The van der Waals surface area contributed by atoms with Crippen LogP contribution in [-0.2, 0) is 0 Å². The molecule has 0 unspecified atom stereocenters. The molecular formula is C20H15N5. The van der Waals surface area contributed by atoms with E-state index in [9.17, 15) is 15.8 Å². The minimum Gasteiger partial charge on any atom is -0.399 e. The lowest BCUT2D eigenvalue weighted by molar-refractivity contribution is 0.317. The van der Waals surface area contributed by atoms with Crippen LogP contribution in [0.2, 0.25) is 0 Å². The number of nitriles is 4. The van der Waals surface area contributed by atoms with E-state index in [2.05, 4.69) is 24.3 Å². The molecule has 2 N–H and O–H groups in total. The van der Waals surface area contributed by atoms with Crippen LogP contribution < -0.4 is 5.73 Å². The average Bonchev–Trinajstić information content (AvgIpc) is 2.67. The molecule has 2 aliphatic carbocycles. The van der Waals surface area contributed by atoms with Gasteiger partial charge in [0.25, 0.3) is 0 Å². The molecule has 1 aromatic carbocycles. The molecular weight excluding hydrogens is 310 g/mol. The first-order chi connectivity index (χ1) is 12.1. The van der Waals surface area contributed by atoms with Gasteiger partial charge in [0.1, 0.15) is 6.07 Å². The standard InChI is InChI=1S/C20H15N5/c21-9-13-5-7-14(8-6-13)18-16-4-2-1-3-15(16)17(10-22)19(25)20(18,11-23)12-24/h3,5-8,16,18H,1-2,4,25H2/t16-,18-/m0/s1. The van der Waals surface area contributed by atoms with E-state index in [0.717, 1.165) is 30.4 Å². The summed E-state index contributed by atoms with van der Waals surface area (Å²) in [5, 5.41) is 38.3. The highest BCUT2D eigenvalue weighted by Gasteiger charge is 2.53. The van der Waals surface area contributed by atoms with Crippen molar-refractivity contribution in [3.05, 3.63) is 58.3 Å².